The van der Waals surface area contributed by atoms with Gasteiger partial charge < -0.3 is 33.9 Å². The average Bonchev–Trinajstić information content (AvgIpc) is 3.00. The Hall–Kier alpha value is -3.94. The fourth-order valence-electron chi connectivity index (χ4n) is 5.12. The quantitative estimate of drug-likeness (QED) is 0.207. The number of anilines is 1. The van der Waals surface area contributed by atoms with Crippen molar-refractivity contribution in [3.8, 4) is 0 Å². The van der Waals surface area contributed by atoms with Gasteiger partial charge in [-0.15, -0.1) is 0 Å². The second-order valence-corrected chi connectivity index (χ2v) is 14.4. The number of carboxylic acid groups (broad SMARTS) is 1. The van der Waals surface area contributed by atoms with E-state index in [1.807, 2.05) is 26.0 Å². The summed E-state index contributed by atoms with van der Waals surface area (Å²) < 4.78 is 36.8. The molecule has 1 aromatic rings. The van der Waals surface area contributed by atoms with Gasteiger partial charge >= 0.3 is 24.0 Å². The number of hydrogen-bond acceptors (Lipinski definition) is 10. The van der Waals surface area contributed by atoms with Crippen LogP contribution in [0.25, 0.3) is 0 Å². The average molecular weight is 696 g/mol. The number of carboxylic acids is 1. The normalized spacial score (nSPS) is 16.2. The summed E-state index contributed by atoms with van der Waals surface area (Å²) >= 11 is 0. The molecule has 1 N–H and O–H groups in total. The Morgan fingerprint density at radius 3 is 1.94 bits per heavy atom. The Morgan fingerprint density at radius 1 is 0.898 bits per heavy atom. The van der Waals surface area contributed by atoms with Crippen molar-refractivity contribution in [1.82, 2.24) is 9.80 Å². The van der Waals surface area contributed by atoms with Crippen LogP contribution in [-0.2, 0) is 44.5 Å². The van der Waals surface area contributed by atoms with Crippen LogP contribution in [0, 0.1) is 5.92 Å². The molecule has 4 atom stereocenters. The van der Waals surface area contributed by atoms with Gasteiger partial charge in [-0.1, -0.05) is 26.0 Å². The van der Waals surface area contributed by atoms with E-state index in [4.69, 9.17) is 18.9 Å². The second-order valence-electron chi connectivity index (χ2n) is 14.4. The van der Waals surface area contributed by atoms with Gasteiger partial charge in [0.05, 0.1) is 13.2 Å². The minimum atomic E-state index is -1.92. The molecule has 0 unspecified atom stereocenters. The van der Waals surface area contributed by atoms with E-state index in [1.165, 1.54) is 34.9 Å². The molecule has 1 heterocycles. The largest absolute Gasteiger partial charge is 0.479 e. The summed E-state index contributed by atoms with van der Waals surface area (Å²) in [7, 11) is 2.64. The highest BCUT2D eigenvalue weighted by Crippen LogP contribution is 2.25. The topological polar surface area (TPSA) is 152 Å². The van der Waals surface area contributed by atoms with Gasteiger partial charge in [-0.05, 0) is 71.6 Å². The standard InChI is InChI=1S/C35H54FN3O10/c1-22(2)19-26(31(43)47-23(3)30(41)42)37(9)29(40)28(20-24-11-13-25(14-12-24)39-15-17-46-18-16-39)48-32(44)27(21-35(7,8)36)38(10)33(45)49-34(4,5)6/h11-14,22-23,26-28H,15-21H2,1-10H3,(H,41,42)/t23-,26+,27+,28-/m1/s1. The lowest BCUT2D eigenvalue weighted by atomic mass is 9.99. The van der Waals surface area contributed by atoms with E-state index >= 15 is 4.39 Å². The van der Waals surface area contributed by atoms with E-state index in [2.05, 4.69) is 4.90 Å². The van der Waals surface area contributed by atoms with Crippen molar-refractivity contribution in [3.63, 3.8) is 0 Å². The van der Waals surface area contributed by atoms with Crippen molar-refractivity contribution in [2.24, 2.45) is 5.92 Å². The maximum Gasteiger partial charge on any atom is 0.410 e. The number of carbonyl (C=O) groups excluding carboxylic acids is 4. The molecule has 276 valence electrons. The van der Waals surface area contributed by atoms with Crippen LogP contribution in [0.5, 0.6) is 0 Å². The van der Waals surface area contributed by atoms with Gasteiger partial charge in [0.1, 0.15) is 23.4 Å². The molecule has 49 heavy (non-hydrogen) atoms. The molecule has 1 saturated heterocycles. The summed E-state index contributed by atoms with van der Waals surface area (Å²) in [6.45, 7) is 14.9. The first-order valence-electron chi connectivity index (χ1n) is 16.6. The smallest absolute Gasteiger partial charge is 0.410 e. The summed E-state index contributed by atoms with van der Waals surface area (Å²) in [4.78, 5) is 69.7. The number of ether oxygens (including phenoxy) is 4. The molecule has 14 heteroatoms. The van der Waals surface area contributed by atoms with Crippen molar-refractivity contribution in [1.29, 1.82) is 0 Å². The molecule has 0 saturated carbocycles. The summed E-state index contributed by atoms with van der Waals surface area (Å²) in [5.41, 5.74) is -1.25. The lowest BCUT2D eigenvalue weighted by Crippen LogP contribution is -2.52. The van der Waals surface area contributed by atoms with Crippen LogP contribution in [0.4, 0.5) is 14.9 Å². The number of rotatable bonds is 15. The van der Waals surface area contributed by atoms with Crippen LogP contribution in [0.15, 0.2) is 24.3 Å². The molecule has 1 aromatic carbocycles. The predicted molar refractivity (Wildman–Crippen MR) is 180 cm³/mol. The zero-order valence-corrected chi connectivity index (χ0v) is 30.5. The first-order chi connectivity index (χ1) is 22.6. The van der Waals surface area contributed by atoms with E-state index in [-0.39, 0.29) is 18.8 Å². The molecule has 2 rings (SSSR count). The molecule has 0 bridgehead atoms. The highest BCUT2D eigenvalue weighted by atomic mass is 19.1. The van der Waals surface area contributed by atoms with Gasteiger partial charge in [-0.2, -0.15) is 0 Å². The van der Waals surface area contributed by atoms with Crippen LogP contribution in [0.3, 0.4) is 0 Å². The molecular weight excluding hydrogens is 641 g/mol. The van der Waals surface area contributed by atoms with Crippen molar-refractivity contribution in [2.75, 3.05) is 45.3 Å². The van der Waals surface area contributed by atoms with Gasteiger partial charge in [-0.25, -0.2) is 23.6 Å². The third-order valence-corrected chi connectivity index (χ3v) is 7.79. The zero-order valence-electron chi connectivity index (χ0n) is 30.5. The number of amides is 2. The molecule has 1 fully saturated rings. The number of aliphatic carboxylic acids is 1. The zero-order chi connectivity index (χ0) is 37.3. The first kappa shape index (κ1) is 41.2. The number of benzene rings is 1. The number of likely N-dealkylation sites (N-methyl/N-ethyl adjacent to an activating group) is 2. The minimum Gasteiger partial charge on any atom is -0.479 e. The molecule has 13 nitrogen and oxygen atoms in total. The summed E-state index contributed by atoms with van der Waals surface area (Å²) in [5.74, 6) is -4.21. The molecule has 1 aliphatic rings. The van der Waals surface area contributed by atoms with Crippen LogP contribution in [0.2, 0.25) is 0 Å². The number of nitrogens with zero attached hydrogens (tertiary/aromatic N) is 3. The third-order valence-electron chi connectivity index (χ3n) is 7.79. The molecule has 0 spiro atoms. The Bertz CT molecular complexity index is 1290. The van der Waals surface area contributed by atoms with Gasteiger partial charge in [0.2, 0.25) is 0 Å². The van der Waals surface area contributed by atoms with Crippen molar-refractivity contribution in [3.05, 3.63) is 29.8 Å². The van der Waals surface area contributed by atoms with Gasteiger partial charge in [0, 0.05) is 45.7 Å². The highest BCUT2D eigenvalue weighted by Gasteiger charge is 2.40. The van der Waals surface area contributed by atoms with E-state index in [1.54, 1.807) is 32.9 Å². The van der Waals surface area contributed by atoms with Crippen molar-refractivity contribution < 1.29 is 52.4 Å². The van der Waals surface area contributed by atoms with Crippen LogP contribution < -0.4 is 4.90 Å². The Kier molecular flexibility index (Phi) is 14.8. The summed E-state index contributed by atoms with van der Waals surface area (Å²) in [5, 5.41) is 9.29. The first-order valence-corrected chi connectivity index (χ1v) is 16.6. The number of esters is 2. The number of carbonyl (C=O) groups is 5. The van der Waals surface area contributed by atoms with E-state index in [0.717, 1.165) is 15.5 Å². The molecule has 2 amide bonds. The second kappa shape index (κ2) is 17.6. The van der Waals surface area contributed by atoms with Crippen LogP contribution in [-0.4, -0.2) is 121 Å². The molecule has 0 radical (unpaired) electrons. The molecular formula is C35H54FN3O10. The van der Waals surface area contributed by atoms with E-state index in [9.17, 15) is 29.1 Å². The maximum absolute atomic E-state index is 15.0. The summed E-state index contributed by atoms with van der Waals surface area (Å²) in [6.07, 6.45) is -4.30. The van der Waals surface area contributed by atoms with Crippen molar-refractivity contribution in [2.45, 2.75) is 110 Å². The lowest BCUT2D eigenvalue weighted by molar-refractivity contribution is -0.172. The maximum atomic E-state index is 15.0. The fraction of sp³-hybridized carbons (Fsp3) is 0.686. The van der Waals surface area contributed by atoms with Crippen molar-refractivity contribution >= 4 is 35.6 Å². The molecule has 1 aliphatic heterocycles. The Labute approximate surface area is 289 Å². The molecule has 0 aliphatic carbocycles. The minimum absolute atomic E-state index is 0.111. The van der Waals surface area contributed by atoms with Gasteiger partial charge in [0.25, 0.3) is 5.91 Å². The predicted octanol–water partition coefficient (Wildman–Crippen LogP) is 4.24. The third kappa shape index (κ3) is 13.5. The number of hydrogen-bond donors (Lipinski definition) is 1. The van der Waals surface area contributed by atoms with E-state index in [0.29, 0.717) is 31.9 Å². The van der Waals surface area contributed by atoms with Crippen LogP contribution >= 0.6 is 0 Å². The Morgan fingerprint density at radius 2 is 1.45 bits per heavy atom. The lowest BCUT2D eigenvalue weighted by Gasteiger charge is -2.34. The summed E-state index contributed by atoms with van der Waals surface area (Å²) in [6, 6.07) is 4.68. The van der Waals surface area contributed by atoms with Gasteiger partial charge in [-0.3, -0.25) is 9.69 Å². The fourth-order valence-corrected chi connectivity index (χ4v) is 5.12. The van der Waals surface area contributed by atoms with Crippen LogP contribution in [0.1, 0.15) is 73.8 Å². The number of morpholine rings is 1. The van der Waals surface area contributed by atoms with Gasteiger partial charge in [0.15, 0.2) is 12.2 Å². The highest BCUT2D eigenvalue weighted by molar-refractivity contribution is 5.90. The van der Waals surface area contributed by atoms with E-state index < -0.39 is 71.9 Å². The number of alkyl halides is 1. The SMILES string of the molecule is CC(C)C[C@@H](C(=O)O[C@H](C)C(=O)O)N(C)C(=O)[C@@H](Cc1ccc(N2CCOCC2)cc1)OC(=O)[C@H](CC(C)(C)F)N(C)C(=O)OC(C)(C)C. The monoisotopic (exact) mass is 695 g/mol. The Balaban J connectivity index is 2.49. The molecule has 0 aromatic heterocycles. The number of halogens is 1.